The van der Waals surface area contributed by atoms with Gasteiger partial charge in [0.2, 0.25) is 0 Å². The van der Waals surface area contributed by atoms with Crippen molar-refractivity contribution in [1.29, 1.82) is 0 Å². The maximum Gasteiger partial charge on any atom is 0.387 e. The van der Waals surface area contributed by atoms with Crippen LogP contribution in [0.3, 0.4) is 0 Å². The van der Waals surface area contributed by atoms with Crippen LogP contribution in [-0.2, 0) is 13.0 Å². The minimum absolute atomic E-state index is 0.196. The molecule has 1 aliphatic rings. The highest BCUT2D eigenvalue weighted by Gasteiger charge is 2.18. The van der Waals surface area contributed by atoms with E-state index in [1.165, 1.54) is 17.5 Å². The quantitative estimate of drug-likeness (QED) is 0.881. The molecule has 1 atom stereocenters. The Balaban J connectivity index is 1.61. The van der Waals surface area contributed by atoms with Crippen LogP contribution in [0, 0.1) is 0 Å². The zero-order chi connectivity index (χ0) is 15.4. The molecular weight excluding hydrogens is 284 g/mol. The lowest BCUT2D eigenvalue weighted by molar-refractivity contribution is -0.0498. The third kappa shape index (κ3) is 3.63. The van der Waals surface area contributed by atoms with Crippen LogP contribution in [-0.4, -0.2) is 6.61 Å². The van der Waals surface area contributed by atoms with Gasteiger partial charge < -0.3 is 10.1 Å². The van der Waals surface area contributed by atoms with Crippen molar-refractivity contribution in [1.82, 2.24) is 5.32 Å². The molecular formula is C18H19F2NO. The monoisotopic (exact) mass is 303 g/mol. The zero-order valence-electron chi connectivity index (χ0n) is 12.3. The Labute approximate surface area is 129 Å². The minimum atomic E-state index is -2.78. The van der Waals surface area contributed by atoms with E-state index < -0.39 is 6.61 Å². The first-order valence-electron chi connectivity index (χ1n) is 7.57. The van der Waals surface area contributed by atoms with Crippen LogP contribution in [0.4, 0.5) is 8.78 Å². The molecule has 0 bridgehead atoms. The summed E-state index contributed by atoms with van der Waals surface area (Å²) in [6.07, 6.45) is 3.47. The molecule has 1 unspecified atom stereocenters. The van der Waals surface area contributed by atoms with Crippen molar-refractivity contribution >= 4 is 0 Å². The summed E-state index contributed by atoms with van der Waals surface area (Å²) in [6.45, 7) is -2.06. The lowest BCUT2D eigenvalue weighted by Crippen LogP contribution is -2.24. The molecule has 3 rings (SSSR count). The van der Waals surface area contributed by atoms with Gasteiger partial charge in [-0.05, 0) is 48.1 Å². The lowest BCUT2D eigenvalue weighted by Gasteiger charge is -2.26. The molecule has 22 heavy (non-hydrogen) atoms. The standard InChI is InChI=1S/C18H19F2NO/c19-18(20)22-15-10-8-13(9-11-15)12-21-17-7-3-5-14-4-1-2-6-16(14)17/h1-2,4,6,8-11,17-18,21H,3,5,7,12H2. The van der Waals surface area contributed by atoms with Gasteiger partial charge in [0.25, 0.3) is 0 Å². The van der Waals surface area contributed by atoms with Gasteiger partial charge in [-0.2, -0.15) is 8.78 Å². The van der Waals surface area contributed by atoms with Crippen molar-refractivity contribution in [2.75, 3.05) is 0 Å². The molecule has 0 saturated heterocycles. The predicted molar refractivity (Wildman–Crippen MR) is 82.0 cm³/mol. The summed E-state index contributed by atoms with van der Waals surface area (Å²) in [4.78, 5) is 0. The number of aryl methyl sites for hydroxylation is 1. The van der Waals surface area contributed by atoms with E-state index in [9.17, 15) is 8.78 Å². The molecule has 116 valence electrons. The summed E-state index contributed by atoms with van der Waals surface area (Å²) < 4.78 is 28.6. The fourth-order valence-corrected chi connectivity index (χ4v) is 3.00. The molecule has 0 spiro atoms. The first-order valence-corrected chi connectivity index (χ1v) is 7.57. The van der Waals surface area contributed by atoms with Crippen LogP contribution in [0.15, 0.2) is 48.5 Å². The van der Waals surface area contributed by atoms with Crippen molar-refractivity contribution in [2.24, 2.45) is 0 Å². The second kappa shape index (κ2) is 6.88. The van der Waals surface area contributed by atoms with Gasteiger partial charge in [-0.15, -0.1) is 0 Å². The maximum atomic E-state index is 12.1. The Hall–Kier alpha value is -1.94. The fourth-order valence-electron chi connectivity index (χ4n) is 3.00. The molecule has 2 aromatic carbocycles. The molecule has 1 aliphatic carbocycles. The Bertz CT molecular complexity index is 613. The Morgan fingerprint density at radius 2 is 1.86 bits per heavy atom. The number of hydrogen-bond acceptors (Lipinski definition) is 2. The van der Waals surface area contributed by atoms with Crippen LogP contribution in [0.1, 0.15) is 35.6 Å². The van der Waals surface area contributed by atoms with Crippen LogP contribution in [0.2, 0.25) is 0 Å². The summed E-state index contributed by atoms with van der Waals surface area (Å²) in [5, 5.41) is 3.57. The number of hydrogen-bond donors (Lipinski definition) is 1. The second-order valence-electron chi connectivity index (χ2n) is 5.55. The van der Waals surface area contributed by atoms with E-state index in [2.05, 4.69) is 34.3 Å². The molecule has 0 amide bonds. The number of nitrogens with one attached hydrogen (secondary N) is 1. The molecule has 4 heteroatoms. The predicted octanol–water partition coefficient (Wildman–Crippen LogP) is 4.46. The highest BCUT2D eigenvalue weighted by atomic mass is 19.3. The van der Waals surface area contributed by atoms with Gasteiger partial charge in [-0.25, -0.2) is 0 Å². The zero-order valence-corrected chi connectivity index (χ0v) is 12.3. The van der Waals surface area contributed by atoms with Crippen molar-refractivity contribution in [3.8, 4) is 5.75 Å². The van der Waals surface area contributed by atoms with E-state index in [0.717, 1.165) is 18.4 Å². The molecule has 0 aliphatic heterocycles. The Kier molecular flexibility index (Phi) is 4.68. The highest BCUT2D eigenvalue weighted by molar-refractivity contribution is 5.32. The number of rotatable bonds is 5. The number of fused-ring (bicyclic) bond motifs is 1. The normalized spacial score (nSPS) is 17.3. The molecule has 0 fully saturated rings. The molecule has 0 radical (unpaired) electrons. The summed E-state index contributed by atoms with van der Waals surface area (Å²) in [6, 6.07) is 15.7. The summed E-state index contributed by atoms with van der Waals surface area (Å²) in [5.41, 5.74) is 3.86. The highest BCUT2D eigenvalue weighted by Crippen LogP contribution is 2.29. The van der Waals surface area contributed by atoms with Crippen molar-refractivity contribution in [3.05, 3.63) is 65.2 Å². The van der Waals surface area contributed by atoms with Crippen molar-refractivity contribution in [2.45, 2.75) is 38.5 Å². The second-order valence-corrected chi connectivity index (χ2v) is 5.55. The molecule has 0 aromatic heterocycles. The van der Waals surface area contributed by atoms with Gasteiger partial charge in [0.05, 0.1) is 0 Å². The van der Waals surface area contributed by atoms with Crippen LogP contribution >= 0.6 is 0 Å². The third-order valence-corrected chi connectivity index (χ3v) is 4.07. The average molecular weight is 303 g/mol. The van der Waals surface area contributed by atoms with Crippen LogP contribution < -0.4 is 10.1 Å². The van der Waals surface area contributed by atoms with Gasteiger partial charge in [-0.3, -0.25) is 0 Å². The van der Waals surface area contributed by atoms with Gasteiger partial charge in [-0.1, -0.05) is 36.4 Å². The largest absolute Gasteiger partial charge is 0.435 e. The topological polar surface area (TPSA) is 21.3 Å². The van der Waals surface area contributed by atoms with E-state index in [0.29, 0.717) is 12.6 Å². The van der Waals surface area contributed by atoms with Crippen molar-refractivity contribution in [3.63, 3.8) is 0 Å². The van der Waals surface area contributed by atoms with E-state index in [-0.39, 0.29) is 5.75 Å². The molecule has 2 nitrogen and oxygen atoms in total. The third-order valence-electron chi connectivity index (χ3n) is 4.07. The van der Waals surface area contributed by atoms with Gasteiger partial charge in [0.1, 0.15) is 5.75 Å². The fraction of sp³-hybridized carbons (Fsp3) is 0.333. The smallest absolute Gasteiger partial charge is 0.387 e. The number of benzene rings is 2. The van der Waals surface area contributed by atoms with E-state index in [4.69, 9.17) is 0 Å². The molecule has 2 aromatic rings. The number of ether oxygens (including phenoxy) is 1. The SMILES string of the molecule is FC(F)Oc1ccc(CNC2CCCc3ccccc32)cc1. The molecule has 0 heterocycles. The summed E-state index contributed by atoms with van der Waals surface area (Å²) >= 11 is 0. The minimum Gasteiger partial charge on any atom is -0.435 e. The van der Waals surface area contributed by atoms with E-state index >= 15 is 0 Å². The van der Waals surface area contributed by atoms with E-state index in [1.807, 2.05) is 12.1 Å². The van der Waals surface area contributed by atoms with E-state index in [1.54, 1.807) is 12.1 Å². The van der Waals surface area contributed by atoms with Gasteiger partial charge in [0, 0.05) is 12.6 Å². The van der Waals surface area contributed by atoms with Crippen LogP contribution in [0.5, 0.6) is 5.75 Å². The Morgan fingerprint density at radius 3 is 2.64 bits per heavy atom. The molecule has 0 saturated carbocycles. The summed E-state index contributed by atoms with van der Waals surface area (Å²) in [7, 11) is 0. The van der Waals surface area contributed by atoms with Crippen LogP contribution in [0.25, 0.3) is 0 Å². The van der Waals surface area contributed by atoms with Crippen molar-refractivity contribution < 1.29 is 13.5 Å². The van der Waals surface area contributed by atoms with Gasteiger partial charge in [0.15, 0.2) is 0 Å². The molecule has 1 N–H and O–H groups in total. The first-order chi connectivity index (χ1) is 10.7. The maximum absolute atomic E-state index is 12.1. The number of halogens is 2. The average Bonchev–Trinajstić information content (AvgIpc) is 2.54. The Morgan fingerprint density at radius 1 is 1.09 bits per heavy atom. The number of alkyl halides is 2. The lowest BCUT2D eigenvalue weighted by atomic mass is 9.87. The summed E-state index contributed by atoms with van der Waals surface area (Å²) in [5.74, 6) is 0.196. The first kappa shape index (κ1) is 15.0. The van der Waals surface area contributed by atoms with Gasteiger partial charge >= 0.3 is 6.61 Å².